The summed E-state index contributed by atoms with van der Waals surface area (Å²) in [6, 6.07) is 1.66. The first-order valence-electron chi connectivity index (χ1n) is 4.56. The molecule has 0 spiro atoms. The lowest BCUT2D eigenvalue weighted by atomic mass is 10.3. The van der Waals surface area contributed by atoms with Crippen LogP contribution in [0.4, 0.5) is 0 Å². The lowest BCUT2D eigenvalue weighted by Crippen LogP contribution is -2.26. The number of rotatable bonds is 2. The van der Waals surface area contributed by atoms with Crippen molar-refractivity contribution in [3.05, 3.63) is 22.7 Å². The summed E-state index contributed by atoms with van der Waals surface area (Å²) in [5.41, 5.74) is -0.323. The number of hydrogen-bond acceptors (Lipinski definition) is 4. The Morgan fingerprint density at radius 2 is 2.57 bits per heavy atom. The average Bonchev–Trinajstić information content (AvgIpc) is 2.70. The monoisotopic (exact) mass is 196 g/mol. The van der Waals surface area contributed by atoms with Gasteiger partial charge in [0.05, 0.1) is 7.11 Å². The molecule has 1 aromatic heterocycles. The van der Waals surface area contributed by atoms with Crippen molar-refractivity contribution in [2.75, 3.05) is 13.7 Å². The van der Waals surface area contributed by atoms with Gasteiger partial charge in [-0.15, -0.1) is 0 Å². The smallest absolute Gasteiger partial charge is 0.352 e. The van der Waals surface area contributed by atoms with Crippen LogP contribution in [0.5, 0.6) is 5.88 Å². The molecule has 1 unspecified atom stereocenters. The highest BCUT2D eigenvalue weighted by molar-refractivity contribution is 5.05. The van der Waals surface area contributed by atoms with Crippen LogP contribution in [0.2, 0.25) is 0 Å². The molecule has 0 N–H and O–H groups in total. The molecule has 5 heteroatoms. The molecule has 2 heterocycles. The topological polar surface area (TPSA) is 53.4 Å². The summed E-state index contributed by atoms with van der Waals surface area (Å²) in [6.07, 6.45) is 3.36. The Hall–Kier alpha value is -1.36. The summed E-state index contributed by atoms with van der Waals surface area (Å²) >= 11 is 0. The molecule has 5 nitrogen and oxygen atoms in total. The van der Waals surface area contributed by atoms with Gasteiger partial charge in [0.1, 0.15) is 6.23 Å². The predicted molar refractivity (Wildman–Crippen MR) is 49.3 cm³/mol. The van der Waals surface area contributed by atoms with Crippen molar-refractivity contribution >= 4 is 0 Å². The van der Waals surface area contributed by atoms with Crippen molar-refractivity contribution < 1.29 is 9.47 Å². The lowest BCUT2D eigenvalue weighted by molar-refractivity contribution is 0.0524. The quantitative estimate of drug-likeness (QED) is 0.693. The highest BCUT2D eigenvalue weighted by Crippen LogP contribution is 2.20. The molecule has 0 saturated carbocycles. The second kappa shape index (κ2) is 3.79. The van der Waals surface area contributed by atoms with Crippen LogP contribution in [0.1, 0.15) is 19.1 Å². The predicted octanol–water partition coefficient (Wildman–Crippen LogP) is 0.561. The Morgan fingerprint density at radius 1 is 1.71 bits per heavy atom. The van der Waals surface area contributed by atoms with Crippen LogP contribution in [0.25, 0.3) is 0 Å². The van der Waals surface area contributed by atoms with Crippen LogP contribution in [-0.4, -0.2) is 23.3 Å². The molecule has 1 fully saturated rings. The molecule has 1 aliphatic heterocycles. The van der Waals surface area contributed by atoms with Gasteiger partial charge in [0.15, 0.2) is 0 Å². The first-order chi connectivity index (χ1) is 6.81. The zero-order valence-electron chi connectivity index (χ0n) is 7.97. The van der Waals surface area contributed by atoms with E-state index in [1.807, 2.05) is 0 Å². The molecule has 0 bridgehead atoms. The number of nitrogens with zero attached hydrogens (tertiary/aromatic N) is 2. The van der Waals surface area contributed by atoms with Crippen LogP contribution in [0.15, 0.2) is 17.1 Å². The average molecular weight is 196 g/mol. The highest BCUT2D eigenvalue weighted by Gasteiger charge is 2.18. The fourth-order valence-corrected chi connectivity index (χ4v) is 1.51. The minimum absolute atomic E-state index is 0.152. The summed E-state index contributed by atoms with van der Waals surface area (Å²) in [6.45, 7) is 0.711. The normalized spacial score (nSPS) is 21.1. The molecule has 1 saturated heterocycles. The maximum Gasteiger partial charge on any atom is 0.352 e. The van der Waals surface area contributed by atoms with Crippen molar-refractivity contribution in [3.63, 3.8) is 0 Å². The summed E-state index contributed by atoms with van der Waals surface area (Å²) in [5, 5.41) is 0. The van der Waals surface area contributed by atoms with Gasteiger partial charge in [-0.2, -0.15) is 4.98 Å². The van der Waals surface area contributed by atoms with Crippen molar-refractivity contribution in [2.45, 2.75) is 19.1 Å². The molecule has 76 valence electrons. The van der Waals surface area contributed by atoms with E-state index >= 15 is 0 Å². The third-order valence-electron chi connectivity index (χ3n) is 2.23. The van der Waals surface area contributed by atoms with Gasteiger partial charge in [0.25, 0.3) is 0 Å². The minimum Gasteiger partial charge on any atom is -0.481 e. The van der Waals surface area contributed by atoms with Crippen molar-refractivity contribution in [1.82, 2.24) is 9.55 Å². The Bertz CT molecular complexity index is 369. The fraction of sp³-hybridized carbons (Fsp3) is 0.556. The van der Waals surface area contributed by atoms with Crippen LogP contribution < -0.4 is 10.4 Å². The van der Waals surface area contributed by atoms with Crippen LogP contribution in [0, 0.1) is 0 Å². The zero-order valence-corrected chi connectivity index (χ0v) is 7.97. The second-order valence-electron chi connectivity index (χ2n) is 3.13. The molecule has 0 radical (unpaired) electrons. The number of methoxy groups -OCH3 is 1. The Kier molecular flexibility index (Phi) is 2.49. The minimum atomic E-state index is -0.323. The maximum atomic E-state index is 11.5. The number of aromatic nitrogens is 2. The summed E-state index contributed by atoms with van der Waals surface area (Å²) < 4.78 is 11.7. The van der Waals surface area contributed by atoms with E-state index in [0.717, 1.165) is 12.8 Å². The molecular formula is C9H12N2O3. The van der Waals surface area contributed by atoms with Crippen molar-refractivity contribution in [1.29, 1.82) is 0 Å². The third-order valence-corrected chi connectivity index (χ3v) is 2.23. The van der Waals surface area contributed by atoms with E-state index in [0.29, 0.717) is 12.5 Å². The van der Waals surface area contributed by atoms with Gasteiger partial charge in [0.2, 0.25) is 5.88 Å². The van der Waals surface area contributed by atoms with E-state index < -0.39 is 0 Å². The lowest BCUT2D eigenvalue weighted by Gasteiger charge is -2.12. The maximum absolute atomic E-state index is 11.5. The van der Waals surface area contributed by atoms with Crippen LogP contribution in [0.3, 0.4) is 0 Å². The Balaban J connectivity index is 2.30. The molecule has 2 rings (SSSR count). The van der Waals surface area contributed by atoms with Gasteiger partial charge >= 0.3 is 5.69 Å². The van der Waals surface area contributed by atoms with Crippen molar-refractivity contribution in [2.24, 2.45) is 0 Å². The summed E-state index contributed by atoms with van der Waals surface area (Å²) in [4.78, 5) is 15.2. The Labute approximate surface area is 81.3 Å². The van der Waals surface area contributed by atoms with E-state index in [4.69, 9.17) is 9.47 Å². The van der Waals surface area contributed by atoms with E-state index in [1.165, 1.54) is 11.7 Å². The second-order valence-corrected chi connectivity index (χ2v) is 3.13. The van der Waals surface area contributed by atoms with Gasteiger partial charge in [-0.1, -0.05) is 0 Å². The van der Waals surface area contributed by atoms with E-state index in [2.05, 4.69) is 4.98 Å². The van der Waals surface area contributed by atoms with E-state index in [-0.39, 0.29) is 11.9 Å². The molecule has 14 heavy (non-hydrogen) atoms. The highest BCUT2D eigenvalue weighted by atomic mass is 16.5. The van der Waals surface area contributed by atoms with Crippen LogP contribution in [-0.2, 0) is 4.74 Å². The molecule has 0 aliphatic carbocycles. The molecule has 1 aromatic rings. The Morgan fingerprint density at radius 3 is 3.14 bits per heavy atom. The molecular weight excluding hydrogens is 184 g/mol. The molecule has 1 aliphatic rings. The zero-order chi connectivity index (χ0) is 9.97. The molecule has 0 amide bonds. The summed E-state index contributed by atoms with van der Waals surface area (Å²) in [7, 11) is 1.48. The van der Waals surface area contributed by atoms with Gasteiger partial charge < -0.3 is 9.47 Å². The summed E-state index contributed by atoms with van der Waals surface area (Å²) in [5.74, 6) is 0.337. The first-order valence-corrected chi connectivity index (χ1v) is 4.56. The third kappa shape index (κ3) is 1.63. The van der Waals surface area contributed by atoms with Crippen molar-refractivity contribution in [3.8, 4) is 5.88 Å². The number of hydrogen-bond donors (Lipinski definition) is 0. The standard InChI is InChI=1S/C9H12N2O3/c1-13-7-4-5-11(9(12)10-7)8-3-2-6-14-8/h4-5,8H,2-3,6H2,1H3. The van der Waals surface area contributed by atoms with Crippen LogP contribution >= 0.6 is 0 Å². The van der Waals surface area contributed by atoms with Gasteiger partial charge in [-0.05, 0) is 12.8 Å². The van der Waals surface area contributed by atoms with Gasteiger partial charge in [-0.3, -0.25) is 4.57 Å². The fourth-order valence-electron chi connectivity index (χ4n) is 1.51. The molecule has 0 aromatic carbocycles. The van der Waals surface area contributed by atoms with Gasteiger partial charge in [-0.25, -0.2) is 4.79 Å². The van der Waals surface area contributed by atoms with E-state index in [1.54, 1.807) is 12.3 Å². The van der Waals surface area contributed by atoms with Gasteiger partial charge in [0, 0.05) is 18.9 Å². The number of ether oxygens (including phenoxy) is 2. The first kappa shape index (κ1) is 9.21. The largest absolute Gasteiger partial charge is 0.481 e. The van der Waals surface area contributed by atoms with E-state index in [9.17, 15) is 4.79 Å². The molecule has 1 atom stereocenters. The SMILES string of the molecule is COc1ccn(C2CCCO2)c(=O)n1.